The second-order valence-electron chi connectivity index (χ2n) is 9.03. The highest BCUT2D eigenvalue weighted by Crippen LogP contribution is 2.21. The first-order valence-electron chi connectivity index (χ1n) is 12.0. The molecular formula is C28H25FN4O4S. The van der Waals surface area contributed by atoms with Gasteiger partial charge in [0.25, 0.3) is 5.91 Å². The SMILES string of the molecule is Cc1ccc(CNC(=O)c2c[nH]c3c(F)cc(S(=O)(=O)NCCc4c[nH]c5ccccc45)cc3c2=O)cc1. The first kappa shape index (κ1) is 25.4. The van der Waals surface area contributed by atoms with Crippen LogP contribution < -0.4 is 15.5 Å². The summed E-state index contributed by atoms with van der Waals surface area (Å²) < 4.78 is 43.2. The highest BCUT2D eigenvalue weighted by atomic mass is 32.2. The summed E-state index contributed by atoms with van der Waals surface area (Å²) in [6, 6.07) is 17.1. The van der Waals surface area contributed by atoms with Crippen molar-refractivity contribution in [2.45, 2.75) is 24.8 Å². The van der Waals surface area contributed by atoms with Gasteiger partial charge >= 0.3 is 0 Å². The summed E-state index contributed by atoms with van der Waals surface area (Å²) in [5, 5.41) is 3.43. The van der Waals surface area contributed by atoms with Gasteiger partial charge in [0.15, 0.2) is 0 Å². The van der Waals surface area contributed by atoms with Crippen LogP contribution in [-0.4, -0.2) is 30.8 Å². The molecule has 3 aromatic carbocycles. The number of H-pyrrole nitrogens is 2. The smallest absolute Gasteiger partial charge is 0.257 e. The van der Waals surface area contributed by atoms with Crippen molar-refractivity contribution < 1.29 is 17.6 Å². The normalized spacial score (nSPS) is 11.7. The highest BCUT2D eigenvalue weighted by Gasteiger charge is 2.21. The van der Waals surface area contributed by atoms with Gasteiger partial charge < -0.3 is 15.3 Å². The molecule has 5 rings (SSSR count). The van der Waals surface area contributed by atoms with Crippen LogP contribution in [0.15, 0.2) is 82.7 Å². The van der Waals surface area contributed by atoms with Crippen molar-refractivity contribution in [3.63, 3.8) is 0 Å². The Morgan fingerprint density at radius 2 is 1.74 bits per heavy atom. The average Bonchev–Trinajstić information content (AvgIpc) is 3.31. The van der Waals surface area contributed by atoms with E-state index >= 15 is 0 Å². The maximum absolute atomic E-state index is 14.8. The van der Waals surface area contributed by atoms with Gasteiger partial charge in [-0.25, -0.2) is 17.5 Å². The number of fused-ring (bicyclic) bond motifs is 2. The van der Waals surface area contributed by atoms with Gasteiger partial charge in [0.2, 0.25) is 15.5 Å². The molecule has 2 aromatic heterocycles. The number of aryl methyl sites for hydroxylation is 1. The average molecular weight is 533 g/mol. The van der Waals surface area contributed by atoms with E-state index in [1.54, 1.807) is 0 Å². The number of para-hydroxylation sites is 1. The van der Waals surface area contributed by atoms with Gasteiger partial charge in [0.05, 0.1) is 15.8 Å². The van der Waals surface area contributed by atoms with Crippen molar-refractivity contribution >= 4 is 37.7 Å². The maximum Gasteiger partial charge on any atom is 0.257 e. The number of hydrogen-bond acceptors (Lipinski definition) is 4. The molecule has 4 N–H and O–H groups in total. The van der Waals surface area contributed by atoms with Crippen LogP contribution in [0, 0.1) is 12.7 Å². The Hall–Kier alpha value is -4.28. The van der Waals surface area contributed by atoms with E-state index in [9.17, 15) is 22.4 Å². The molecular weight excluding hydrogens is 507 g/mol. The van der Waals surface area contributed by atoms with E-state index < -0.39 is 32.1 Å². The lowest BCUT2D eigenvalue weighted by Crippen LogP contribution is -2.29. The summed E-state index contributed by atoms with van der Waals surface area (Å²) in [5.41, 5.74) is 2.61. The molecule has 0 spiro atoms. The van der Waals surface area contributed by atoms with Gasteiger partial charge in [-0.2, -0.15) is 0 Å². The largest absolute Gasteiger partial charge is 0.361 e. The van der Waals surface area contributed by atoms with Crippen LogP contribution in [0.3, 0.4) is 0 Å². The van der Waals surface area contributed by atoms with Crippen molar-refractivity contribution in [2.75, 3.05) is 6.54 Å². The molecule has 1 amide bonds. The summed E-state index contributed by atoms with van der Waals surface area (Å²) in [7, 11) is -4.13. The second-order valence-corrected chi connectivity index (χ2v) is 10.8. The Balaban J connectivity index is 1.36. The van der Waals surface area contributed by atoms with Crippen LogP contribution in [0.2, 0.25) is 0 Å². The molecule has 0 atom stereocenters. The van der Waals surface area contributed by atoms with E-state index in [1.807, 2.05) is 61.7 Å². The number of nitrogens with one attached hydrogen (secondary N) is 4. The summed E-state index contributed by atoms with van der Waals surface area (Å²) in [5.74, 6) is -1.57. The van der Waals surface area contributed by atoms with Crippen LogP contribution in [0.4, 0.5) is 4.39 Å². The number of hydrogen-bond donors (Lipinski definition) is 4. The highest BCUT2D eigenvalue weighted by molar-refractivity contribution is 7.89. The zero-order valence-electron chi connectivity index (χ0n) is 20.5. The van der Waals surface area contributed by atoms with Crippen molar-refractivity contribution in [3.8, 4) is 0 Å². The van der Waals surface area contributed by atoms with E-state index in [0.29, 0.717) is 6.42 Å². The molecule has 38 heavy (non-hydrogen) atoms. The molecule has 0 saturated heterocycles. The number of aromatic nitrogens is 2. The van der Waals surface area contributed by atoms with E-state index in [2.05, 4.69) is 20.0 Å². The summed E-state index contributed by atoms with van der Waals surface area (Å²) in [4.78, 5) is 31.1. The van der Waals surface area contributed by atoms with Crippen LogP contribution >= 0.6 is 0 Å². The first-order chi connectivity index (χ1) is 18.2. The van der Waals surface area contributed by atoms with Gasteiger partial charge in [-0.1, -0.05) is 48.0 Å². The maximum atomic E-state index is 14.8. The Morgan fingerprint density at radius 1 is 0.974 bits per heavy atom. The number of carbonyl (C=O) groups is 1. The van der Waals surface area contributed by atoms with E-state index in [4.69, 9.17) is 0 Å². The van der Waals surface area contributed by atoms with Crippen molar-refractivity contribution in [1.82, 2.24) is 20.0 Å². The Bertz CT molecular complexity index is 1830. The molecule has 0 radical (unpaired) electrons. The summed E-state index contributed by atoms with van der Waals surface area (Å²) >= 11 is 0. The lowest BCUT2D eigenvalue weighted by molar-refractivity contribution is 0.0949. The predicted octanol–water partition coefficient (Wildman–Crippen LogP) is 3.91. The van der Waals surface area contributed by atoms with Gasteiger partial charge in [-0.05, 0) is 42.7 Å². The van der Waals surface area contributed by atoms with E-state index in [0.717, 1.165) is 45.9 Å². The Labute approximate surface area is 218 Å². The third-order valence-electron chi connectivity index (χ3n) is 6.40. The minimum atomic E-state index is -4.13. The molecule has 0 fully saturated rings. The molecule has 194 valence electrons. The van der Waals surface area contributed by atoms with Crippen LogP contribution in [0.25, 0.3) is 21.8 Å². The van der Waals surface area contributed by atoms with Crippen molar-refractivity contribution in [2.24, 2.45) is 0 Å². The van der Waals surface area contributed by atoms with Crippen LogP contribution in [0.1, 0.15) is 27.0 Å². The molecule has 8 nitrogen and oxygen atoms in total. The topological polar surface area (TPSA) is 124 Å². The molecule has 0 aliphatic rings. The fourth-order valence-corrected chi connectivity index (χ4v) is 5.38. The predicted molar refractivity (Wildman–Crippen MR) is 144 cm³/mol. The zero-order valence-corrected chi connectivity index (χ0v) is 21.3. The molecule has 10 heteroatoms. The fourth-order valence-electron chi connectivity index (χ4n) is 4.31. The fraction of sp³-hybridized carbons (Fsp3) is 0.143. The molecule has 0 bridgehead atoms. The van der Waals surface area contributed by atoms with Gasteiger partial charge in [0.1, 0.15) is 11.4 Å². The summed E-state index contributed by atoms with van der Waals surface area (Å²) in [6.45, 7) is 2.21. The standard InChI is InChI=1S/C28H25FN4O4S/c1-17-6-8-18(9-7-17)14-32-28(35)23-16-31-26-22(27(23)34)12-20(13-24(26)29)38(36,37)33-11-10-19-15-30-25-5-3-2-4-21(19)25/h2-9,12-13,15-16,30,33H,10-11,14H2,1H3,(H,31,34)(H,32,35). The monoisotopic (exact) mass is 532 g/mol. The van der Waals surface area contributed by atoms with Gasteiger partial charge in [0, 0.05) is 36.4 Å². The molecule has 0 aliphatic carbocycles. The molecule has 2 heterocycles. The van der Waals surface area contributed by atoms with Crippen LogP contribution in [0.5, 0.6) is 0 Å². The number of pyridine rings is 1. The lowest BCUT2D eigenvalue weighted by atomic mass is 10.1. The number of carbonyl (C=O) groups excluding carboxylic acids is 1. The number of sulfonamides is 1. The molecule has 0 aliphatic heterocycles. The third kappa shape index (κ3) is 5.09. The minimum absolute atomic E-state index is 0.0711. The van der Waals surface area contributed by atoms with E-state index in [-0.39, 0.29) is 29.6 Å². The molecule has 0 saturated carbocycles. The van der Waals surface area contributed by atoms with Gasteiger partial charge in [-0.3, -0.25) is 9.59 Å². The Kier molecular flexibility index (Phi) is 6.83. The van der Waals surface area contributed by atoms with Crippen molar-refractivity contribution in [3.05, 3.63) is 111 Å². The minimum Gasteiger partial charge on any atom is -0.361 e. The van der Waals surface area contributed by atoms with E-state index in [1.165, 1.54) is 0 Å². The lowest BCUT2D eigenvalue weighted by Gasteiger charge is -2.10. The quantitative estimate of drug-likeness (QED) is 0.242. The summed E-state index contributed by atoms with van der Waals surface area (Å²) in [6.07, 6.45) is 3.36. The second kappa shape index (κ2) is 10.2. The first-order valence-corrected chi connectivity index (χ1v) is 13.4. The van der Waals surface area contributed by atoms with Crippen molar-refractivity contribution in [1.29, 1.82) is 0 Å². The zero-order chi connectivity index (χ0) is 26.9. The number of rotatable bonds is 8. The van der Waals surface area contributed by atoms with Crippen LogP contribution in [-0.2, 0) is 23.0 Å². The molecule has 5 aromatic rings. The van der Waals surface area contributed by atoms with Gasteiger partial charge in [-0.15, -0.1) is 0 Å². The number of benzene rings is 3. The number of halogens is 1. The number of aromatic amines is 2. The number of amides is 1. The molecule has 0 unspecified atom stereocenters. The third-order valence-corrected chi connectivity index (χ3v) is 7.84. The Morgan fingerprint density at radius 3 is 2.53 bits per heavy atom.